The van der Waals surface area contributed by atoms with Gasteiger partial charge in [-0.3, -0.25) is 4.99 Å². The molecule has 0 aromatic carbocycles. The second-order valence-corrected chi connectivity index (χ2v) is 7.81. The maximum Gasteiger partial charge on any atom is 0.191 e. The standard InChI is InChI=1S/C19H31N5S.HI/c1-5-20-18(23-15-19(3,4)17-9-8-14-25-17)22-10-6-7-12-24-13-11-21-16(24)2;/h8-9,11,13-14H,5-7,10,12,15H2,1-4H3,(H2,20,22,23);1H. The highest BCUT2D eigenvalue weighted by molar-refractivity contribution is 14.0. The SMILES string of the molecule is CCNC(=NCC(C)(C)c1cccs1)NCCCCn1ccnc1C.I. The van der Waals surface area contributed by atoms with Gasteiger partial charge in [-0.2, -0.15) is 0 Å². The minimum absolute atomic E-state index is 0. The molecular weight excluding hydrogens is 457 g/mol. The normalized spacial score (nSPS) is 11.9. The summed E-state index contributed by atoms with van der Waals surface area (Å²) in [5, 5.41) is 8.92. The highest BCUT2D eigenvalue weighted by Crippen LogP contribution is 2.27. The van der Waals surface area contributed by atoms with Crippen LogP contribution < -0.4 is 10.6 Å². The van der Waals surface area contributed by atoms with E-state index < -0.39 is 0 Å². The van der Waals surface area contributed by atoms with E-state index in [9.17, 15) is 0 Å². The van der Waals surface area contributed by atoms with E-state index in [1.807, 2.05) is 19.3 Å². The molecule has 0 amide bonds. The van der Waals surface area contributed by atoms with Gasteiger partial charge in [-0.15, -0.1) is 35.3 Å². The fourth-order valence-electron chi connectivity index (χ4n) is 2.61. The third-order valence-corrected chi connectivity index (χ3v) is 5.44. The van der Waals surface area contributed by atoms with Crippen LogP contribution in [0.3, 0.4) is 0 Å². The molecule has 0 aliphatic carbocycles. The van der Waals surface area contributed by atoms with Crippen molar-refractivity contribution in [2.75, 3.05) is 19.6 Å². The number of aryl methyl sites for hydroxylation is 2. The van der Waals surface area contributed by atoms with Crippen LogP contribution in [0.1, 0.15) is 44.3 Å². The van der Waals surface area contributed by atoms with E-state index >= 15 is 0 Å². The van der Waals surface area contributed by atoms with Gasteiger partial charge in [0, 0.05) is 42.3 Å². The summed E-state index contributed by atoms with van der Waals surface area (Å²) in [6.07, 6.45) is 6.14. The molecule has 2 rings (SSSR count). The van der Waals surface area contributed by atoms with Gasteiger partial charge in [-0.25, -0.2) is 4.98 Å². The van der Waals surface area contributed by atoms with Crippen molar-refractivity contribution in [1.82, 2.24) is 20.2 Å². The van der Waals surface area contributed by atoms with Crippen LogP contribution in [0.2, 0.25) is 0 Å². The lowest BCUT2D eigenvalue weighted by atomic mass is 9.92. The molecule has 0 atom stereocenters. The van der Waals surface area contributed by atoms with Crippen molar-refractivity contribution in [3.05, 3.63) is 40.6 Å². The Bertz CT molecular complexity index is 649. The number of guanidine groups is 1. The fraction of sp³-hybridized carbons (Fsp3) is 0.579. The van der Waals surface area contributed by atoms with Gasteiger partial charge >= 0.3 is 0 Å². The molecule has 0 saturated heterocycles. The second kappa shape index (κ2) is 11.6. The monoisotopic (exact) mass is 489 g/mol. The van der Waals surface area contributed by atoms with E-state index in [4.69, 9.17) is 4.99 Å². The number of nitrogens with zero attached hydrogens (tertiary/aromatic N) is 3. The van der Waals surface area contributed by atoms with Crippen LogP contribution >= 0.6 is 35.3 Å². The van der Waals surface area contributed by atoms with Crippen LogP contribution in [-0.2, 0) is 12.0 Å². The van der Waals surface area contributed by atoms with Crippen molar-refractivity contribution >= 4 is 41.3 Å². The third kappa shape index (κ3) is 7.26. The first-order chi connectivity index (χ1) is 12.0. The van der Waals surface area contributed by atoms with Crippen LogP contribution in [-0.4, -0.2) is 35.1 Å². The average Bonchev–Trinajstić information content (AvgIpc) is 3.25. The molecule has 0 saturated carbocycles. The molecule has 5 nitrogen and oxygen atoms in total. The molecule has 0 aliphatic heterocycles. The molecule has 0 aliphatic rings. The molecule has 2 heterocycles. The van der Waals surface area contributed by atoms with Gasteiger partial charge in [0.2, 0.25) is 0 Å². The van der Waals surface area contributed by atoms with E-state index in [-0.39, 0.29) is 29.4 Å². The van der Waals surface area contributed by atoms with Crippen LogP contribution in [0.15, 0.2) is 34.9 Å². The van der Waals surface area contributed by atoms with E-state index in [0.29, 0.717) is 0 Å². The summed E-state index contributed by atoms with van der Waals surface area (Å²) in [4.78, 5) is 10.4. The maximum atomic E-state index is 4.79. The van der Waals surface area contributed by atoms with E-state index in [1.165, 1.54) is 4.88 Å². The molecule has 2 N–H and O–H groups in total. The van der Waals surface area contributed by atoms with Gasteiger partial charge in [0.1, 0.15) is 5.82 Å². The van der Waals surface area contributed by atoms with Crippen LogP contribution in [0, 0.1) is 6.92 Å². The second-order valence-electron chi connectivity index (χ2n) is 6.86. The summed E-state index contributed by atoms with van der Waals surface area (Å²) in [7, 11) is 0. The molecule has 2 aromatic heterocycles. The Balaban J connectivity index is 0.00000338. The molecule has 0 radical (unpaired) electrons. The van der Waals surface area contributed by atoms with E-state index in [0.717, 1.165) is 50.8 Å². The Hall–Kier alpha value is -1.09. The first-order valence-corrected chi connectivity index (χ1v) is 9.95. The summed E-state index contributed by atoms with van der Waals surface area (Å²) in [6.45, 7) is 12.2. The smallest absolute Gasteiger partial charge is 0.191 e. The van der Waals surface area contributed by atoms with Gasteiger partial charge < -0.3 is 15.2 Å². The van der Waals surface area contributed by atoms with E-state index in [1.54, 1.807) is 11.3 Å². The van der Waals surface area contributed by atoms with Gasteiger partial charge in [-0.05, 0) is 38.1 Å². The largest absolute Gasteiger partial charge is 0.357 e. The third-order valence-electron chi connectivity index (χ3n) is 4.21. The predicted octanol–water partition coefficient (Wildman–Crippen LogP) is 4.18. The van der Waals surface area contributed by atoms with Crippen molar-refractivity contribution in [3.8, 4) is 0 Å². The molecule has 7 heteroatoms. The Kier molecular flexibility index (Phi) is 10.2. The van der Waals surface area contributed by atoms with Crippen molar-refractivity contribution < 1.29 is 0 Å². The Morgan fingerprint density at radius 3 is 2.73 bits per heavy atom. The number of aromatic nitrogens is 2. The lowest BCUT2D eigenvalue weighted by molar-refractivity contribution is 0.546. The van der Waals surface area contributed by atoms with Gasteiger partial charge in [0.25, 0.3) is 0 Å². The highest BCUT2D eigenvalue weighted by atomic mass is 127. The molecule has 0 bridgehead atoms. The van der Waals surface area contributed by atoms with Crippen molar-refractivity contribution in [1.29, 1.82) is 0 Å². The van der Waals surface area contributed by atoms with Crippen LogP contribution in [0.25, 0.3) is 0 Å². The van der Waals surface area contributed by atoms with Crippen molar-refractivity contribution in [3.63, 3.8) is 0 Å². The zero-order chi connectivity index (χ0) is 18.1. The number of hydrogen-bond acceptors (Lipinski definition) is 3. The van der Waals surface area contributed by atoms with Gasteiger partial charge in [0.05, 0.1) is 6.54 Å². The Morgan fingerprint density at radius 2 is 2.12 bits per heavy atom. The molecule has 0 unspecified atom stereocenters. The van der Waals surface area contributed by atoms with Crippen LogP contribution in [0.5, 0.6) is 0 Å². The maximum absolute atomic E-state index is 4.79. The molecule has 0 spiro atoms. The van der Waals surface area contributed by atoms with Gasteiger partial charge in [0.15, 0.2) is 5.96 Å². The summed E-state index contributed by atoms with van der Waals surface area (Å²) in [5.74, 6) is 1.99. The Morgan fingerprint density at radius 1 is 1.31 bits per heavy atom. The van der Waals surface area contributed by atoms with Crippen LogP contribution in [0.4, 0.5) is 0 Å². The van der Waals surface area contributed by atoms with Crippen molar-refractivity contribution in [2.24, 2.45) is 4.99 Å². The van der Waals surface area contributed by atoms with Gasteiger partial charge in [-0.1, -0.05) is 19.9 Å². The minimum atomic E-state index is 0. The number of imidazole rings is 1. The summed E-state index contributed by atoms with van der Waals surface area (Å²) in [5.41, 5.74) is 0.0649. The Labute approximate surface area is 178 Å². The molecule has 2 aromatic rings. The highest BCUT2D eigenvalue weighted by Gasteiger charge is 2.21. The quantitative estimate of drug-likeness (QED) is 0.241. The number of unbranched alkanes of at least 4 members (excludes halogenated alkanes) is 1. The topological polar surface area (TPSA) is 54.2 Å². The first kappa shape index (κ1) is 23.0. The minimum Gasteiger partial charge on any atom is -0.357 e. The van der Waals surface area contributed by atoms with E-state index in [2.05, 4.69) is 58.5 Å². The molecular formula is C19H32IN5S. The lowest BCUT2D eigenvalue weighted by Crippen LogP contribution is -2.39. The lowest BCUT2D eigenvalue weighted by Gasteiger charge is -2.21. The summed E-state index contributed by atoms with van der Waals surface area (Å²) in [6, 6.07) is 4.30. The molecule has 26 heavy (non-hydrogen) atoms. The number of thiophene rings is 1. The van der Waals surface area contributed by atoms with Crippen molar-refractivity contribution in [2.45, 2.75) is 52.5 Å². The first-order valence-electron chi connectivity index (χ1n) is 9.07. The number of rotatable bonds is 9. The number of halogens is 1. The number of nitrogens with one attached hydrogen (secondary N) is 2. The number of hydrogen-bond donors (Lipinski definition) is 2. The fourth-order valence-corrected chi connectivity index (χ4v) is 3.46. The molecule has 0 fully saturated rings. The predicted molar refractivity (Wildman–Crippen MR) is 123 cm³/mol. The summed E-state index contributed by atoms with van der Waals surface area (Å²) >= 11 is 1.80. The zero-order valence-electron chi connectivity index (χ0n) is 16.3. The molecule has 146 valence electrons. The summed E-state index contributed by atoms with van der Waals surface area (Å²) < 4.78 is 2.20. The zero-order valence-corrected chi connectivity index (χ0v) is 19.4. The number of aliphatic imine (C=N–C) groups is 1. The average molecular weight is 489 g/mol.